The molecule has 0 amide bonds. The number of carbonyl (C=O) groups is 6. The maximum atomic E-state index is 11.3. The van der Waals surface area contributed by atoms with Gasteiger partial charge in [-0.25, -0.2) is 28.8 Å². The Labute approximate surface area is 481 Å². The molecule has 11 aromatic rings. The lowest BCUT2D eigenvalue weighted by Crippen LogP contribution is -1.96. The summed E-state index contributed by atoms with van der Waals surface area (Å²) in [6, 6.07) is 77.0. The van der Waals surface area contributed by atoms with Gasteiger partial charge >= 0.3 is 35.8 Å². The second-order valence-corrected chi connectivity index (χ2v) is 19.6. The molecule has 84 heavy (non-hydrogen) atoms. The van der Waals surface area contributed by atoms with Crippen molar-refractivity contribution in [2.45, 2.75) is 0 Å². The number of aromatic carboxylic acids is 6. The Balaban J connectivity index is 0.000000206. The molecule has 0 aromatic heterocycles. The quantitative estimate of drug-likeness (QED) is 0.0564. The fourth-order valence-corrected chi connectivity index (χ4v) is 9.65. The lowest BCUT2D eigenvalue weighted by atomic mass is 9.91. The molecule has 12 nitrogen and oxygen atoms in total. The predicted molar refractivity (Wildman–Crippen MR) is 324 cm³/mol. The van der Waals surface area contributed by atoms with Crippen LogP contribution in [0.15, 0.2) is 255 Å². The first-order valence-electron chi connectivity index (χ1n) is 26.2. The van der Waals surface area contributed by atoms with Crippen LogP contribution in [0.25, 0.3) is 100 Å². The monoisotopic (exact) mass is 1100 g/mol. The van der Waals surface area contributed by atoms with Crippen molar-refractivity contribution in [2.24, 2.45) is 0 Å². The Morgan fingerprint density at radius 2 is 0.226 bits per heavy atom. The van der Waals surface area contributed by atoms with Crippen molar-refractivity contribution in [2.75, 3.05) is 0 Å². The van der Waals surface area contributed by atoms with E-state index in [1.54, 1.807) is 72.8 Å². The van der Waals surface area contributed by atoms with E-state index in [2.05, 4.69) is 54.6 Å². The Hall–Kier alpha value is -11.8. The maximum absolute atomic E-state index is 11.3. The van der Waals surface area contributed by atoms with Gasteiger partial charge in [-0.05, 0) is 209 Å². The molecule has 0 unspecified atom stereocenters. The summed E-state index contributed by atoms with van der Waals surface area (Å²) in [5.74, 6) is -5.89. The molecule has 0 aliphatic heterocycles. The molecule has 0 fully saturated rings. The highest BCUT2D eigenvalue weighted by Crippen LogP contribution is 2.37. The molecule has 0 bridgehead atoms. The van der Waals surface area contributed by atoms with Gasteiger partial charge in [-0.3, -0.25) is 0 Å². The van der Waals surface area contributed by atoms with Crippen LogP contribution in [0, 0.1) is 0 Å². The van der Waals surface area contributed by atoms with Crippen LogP contribution in [-0.2, 0) is 0 Å². The lowest BCUT2D eigenvalue weighted by Gasteiger charge is -2.13. The van der Waals surface area contributed by atoms with Gasteiger partial charge in [0, 0.05) is 0 Å². The smallest absolute Gasteiger partial charge is 0.335 e. The van der Waals surface area contributed by atoms with E-state index >= 15 is 0 Å². The standard InChI is InChI=1S/C45H30O6.C27H18O6/c46-43(47)37-19-13-31(14-20-37)28-1-7-34(8-2-28)40-25-41(35-9-3-29(4-10-35)32-15-21-38(22-16-32)44(48)49)27-42(26-40)36-11-5-30(6-12-36)33-17-23-39(24-18-33)45(50)51;28-25(29)19-7-1-16(2-8-19)22-13-23(17-3-9-20(10-4-17)26(30)31)15-24(14-22)18-5-11-21(12-6-18)27(32)33/h1-27H,(H,46,47)(H,48,49)(H,50,51);1-15H,(H,28,29)(H,30,31)(H,32,33). The average molecular weight is 1110 g/mol. The first kappa shape index (κ1) is 55.6. The van der Waals surface area contributed by atoms with E-state index in [9.17, 15) is 59.4 Å². The molecule has 12 heteroatoms. The summed E-state index contributed by atoms with van der Waals surface area (Å²) >= 11 is 0. The predicted octanol–water partition coefficient (Wildman–Crippen LogP) is 16.6. The molecule has 0 aliphatic rings. The summed E-state index contributed by atoms with van der Waals surface area (Å²) < 4.78 is 0. The van der Waals surface area contributed by atoms with Crippen molar-refractivity contribution in [3.8, 4) is 100 Å². The van der Waals surface area contributed by atoms with Gasteiger partial charge in [-0.2, -0.15) is 0 Å². The van der Waals surface area contributed by atoms with Crippen LogP contribution in [0.4, 0.5) is 0 Å². The first-order chi connectivity index (χ1) is 40.5. The molecular formula is C72H48O12. The highest BCUT2D eigenvalue weighted by atomic mass is 16.4. The molecule has 11 aromatic carbocycles. The minimum absolute atomic E-state index is 0.184. The Morgan fingerprint density at radius 1 is 0.143 bits per heavy atom. The molecule has 11 rings (SSSR count). The summed E-state index contributed by atoms with van der Waals surface area (Å²) in [4.78, 5) is 67.5. The minimum Gasteiger partial charge on any atom is -0.478 e. The van der Waals surface area contributed by atoms with Crippen molar-refractivity contribution in [3.63, 3.8) is 0 Å². The van der Waals surface area contributed by atoms with Gasteiger partial charge in [0.15, 0.2) is 0 Å². The van der Waals surface area contributed by atoms with Crippen molar-refractivity contribution >= 4 is 35.8 Å². The molecule has 0 radical (unpaired) electrons. The normalized spacial score (nSPS) is 10.7. The fraction of sp³-hybridized carbons (Fsp3) is 0. The van der Waals surface area contributed by atoms with Crippen LogP contribution in [0.3, 0.4) is 0 Å². The van der Waals surface area contributed by atoms with E-state index in [4.69, 9.17) is 0 Å². The molecular weight excluding hydrogens is 1060 g/mol. The van der Waals surface area contributed by atoms with Crippen LogP contribution in [0.1, 0.15) is 62.1 Å². The SMILES string of the molecule is O=C(O)c1ccc(-c2cc(-c3ccc(C(=O)O)cc3)cc(-c3ccc(C(=O)O)cc3)c2)cc1.O=C(O)c1ccc(-c2ccc(-c3cc(-c4ccc(-c5ccc(C(=O)O)cc5)cc4)cc(-c4ccc(-c5ccc(C(=O)O)cc5)cc4)c3)cc2)cc1. The zero-order chi connectivity index (χ0) is 59.0. The highest BCUT2D eigenvalue weighted by molar-refractivity contribution is 5.93. The number of carboxylic acids is 6. The third-order valence-electron chi connectivity index (χ3n) is 14.3. The second kappa shape index (κ2) is 24.3. The summed E-state index contributed by atoms with van der Waals surface area (Å²) in [6.07, 6.45) is 0. The van der Waals surface area contributed by atoms with E-state index in [1.165, 1.54) is 36.4 Å². The van der Waals surface area contributed by atoms with Gasteiger partial charge in [-0.1, -0.05) is 146 Å². The van der Waals surface area contributed by atoms with Gasteiger partial charge in [-0.15, -0.1) is 0 Å². The summed E-state index contributed by atoms with van der Waals surface area (Å²) in [7, 11) is 0. The van der Waals surface area contributed by atoms with Crippen LogP contribution in [0.2, 0.25) is 0 Å². The van der Waals surface area contributed by atoms with Gasteiger partial charge in [0.2, 0.25) is 0 Å². The molecule has 408 valence electrons. The maximum Gasteiger partial charge on any atom is 0.335 e. The van der Waals surface area contributed by atoms with Gasteiger partial charge in [0.1, 0.15) is 0 Å². The molecule has 0 atom stereocenters. The molecule has 0 heterocycles. The van der Waals surface area contributed by atoms with Crippen molar-refractivity contribution in [1.82, 2.24) is 0 Å². The third-order valence-corrected chi connectivity index (χ3v) is 14.3. The van der Waals surface area contributed by atoms with E-state index < -0.39 is 35.8 Å². The average Bonchev–Trinajstić information content (AvgIpc) is 3.42. The largest absolute Gasteiger partial charge is 0.478 e. The molecule has 6 N–H and O–H groups in total. The van der Waals surface area contributed by atoms with E-state index in [0.717, 1.165) is 100 Å². The summed E-state index contributed by atoms with van der Waals surface area (Å²) in [5, 5.41) is 55.3. The Bertz CT molecular complexity index is 3800. The second-order valence-electron chi connectivity index (χ2n) is 19.6. The Kier molecular flexibility index (Phi) is 16.1. The number of carboxylic acid groups (broad SMARTS) is 6. The summed E-state index contributed by atoms with van der Waals surface area (Å²) in [6.45, 7) is 0. The fourth-order valence-electron chi connectivity index (χ4n) is 9.65. The van der Waals surface area contributed by atoms with Gasteiger partial charge in [0.25, 0.3) is 0 Å². The number of rotatable bonds is 15. The van der Waals surface area contributed by atoms with E-state index in [0.29, 0.717) is 0 Å². The number of hydrogen-bond donors (Lipinski definition) is 6. The van der Waals surface area contributed by atoms with Gasteiger partial charge < -0.3 is 30.6 Å². The van der Waals surface area contributed by atoms with E-state index in [1.807, 2.05) is 91.0 Å². The van der Waals surface area contributed by atoms with E-state index in [-0.39, 0.29) is 33.4 Å². The topological polar surface area (TPSA) is 224 Å². The zero-order valence-corrected chi connectivity index (χ0v) is 44.4. The number of hydrogen-bond acceptors (Lipinski definition) is 6. The summed E-state index contributed by atoms with van der Waals surface area (Å²) in [5.41, 5.74) is 18.1. The van der Waals surface area contributed by atoms with Crippen molar-refractivity contribution in [3.05, 3.63) is 288 Å². The van der Waals surface area contributed by atoms with Crippen LogP contribution < -0.4 is 0 Å². The molecule has 0 saturated heterocycles. The van der Waals surface area contributed by atoms with Crippen LogP contribution in [-0.4, -0.2) is 66.5 Å². The third kappa shape index (κ3) is 12.8. The highest BCUT2D eigenvalue weighted by Gasteiger charge is 2.14. The van der Waals surface area contributed by atoms with Crippen LogP contribution in [0.5, 0.6) is 0 Å². The number of benzene rings is 11. The van der Waals surface area contributed by atoms with Crippen molar-refractivity contribution < 1.29 is 59.4 Å². The molecule has 0 spiro atoms. The molecule has 0 aliphatic carbocycles. The van der Waals surface area contributed by atoms with Crippen LogP contribution >= 0.6 is 0 Å². The van der Waals surface area contributed by atoms with Gasteiger partial charge in [0.05, 0.1) is 33.4 Å². The zero-order valence-electron chi connectivity index (χ0n) is 44.4. The first-order valence-corrected chi connectivity index (χ1v) is 26.2. The lowest BCUT2D eigenvalue weighted by molar-refractivity contribution is 0.0686. The van der Waals surface area contributed by atoms with Crippen molar-refractivity contribution in [1.29, 1.82) is 0 Å². The minimum atomic E-state index is -1.01. The molecule has 0 saturated carbocycles. The Morgan fingerprint density at radius 3 is 0.321 bits per heavy atom.